The van der Waals surface area contributed by atoms with E-state index in [0.717, 1.165) is 32.6 Å². The number of benzene rings is 2. The molecule has 5 heteroatoms. The van der Waals surface area contributed by atoms with Crippen molar-refractivity contribution in [2.45, 2.75) is 18.9 Å². The number of hydrogen-bond acceptors (Lipinski definition) is 4. The maximum atomic E-state index is 12.2. The van der Waals surface area contributed by atoms with Gasteiger partial charge in [-0.15, -0.1) is 5.10 Å². The van der Waals surface area contributed by atoms with Gasteiger partial charge in [0.1, 0.15) is 5.03 Å². The number of anilines is 1. The summed E-state index contributed by atoms with van der Waals surface area (Å²) in [5.41, 5.74) is 3.04. The van der Waals surface area contributed by atoms with Crippen LogP contribution >= 0.6 is 11.8 Å². The summed E-state index contributed by atoms with van der Waals surface area (Å²) < 4.78 is 0. The zero-order valence-electron chi connectivity index (χ0n) is 13.0. The zero-order chi connectivity index (χ0) is 16.2. The van der Waals surface area contributed by atoms with Gasteiger partial charge in [0.2, 0.25) is 5.91 Å². The predicted octanol–water partition coefficient (Wildman–Crippen LogP) is 3.98. The van der Waals surface area contributed by atoms with Crippen molar-refractivity contribution in [3.8, 4) is 0 Å². The van der Waals surface area contributed by atoms with Gasteiger partial charge in [0.05, 0.1) is 11.9 Å². The van der Waals surface area contributed by atoms with E-state index < -0.39 is 0 Å². The number of carbonyl (C=O) groups excluding carboxylic acids is 1. The van der Waals surface area contributed by atoms with Crippen LogP contribution in [0.15, 0.2) is 53.7 Å². The average Bonchev–Trinajstić information content (AvgIpc) is 2.56. The lowest BCUT2D eigenvalue weighted by Crippen LogP contribution is -2.15. The molecule has 0 aliphatic carbocycles. The van der Waals surface area contributed by atoms with Gasteiger partial charge in [0, 0.05) is 16.5 Å². The van der Waals surface area contributed by atoms with Gasteiger partial charge in [-0.3, -0.25) is 4.79 Å². The number of hydrogen-bond donors (Lipinski definition) is 1. The van der Waals surface area contributed by atoms with E-state index in [0.29, 0.717) is 5.75 Å². The van der Waals surface area contributed by atoms with E-state index in [-0.39, 0.29) is 5.91 Å². The first-order valence-electron chi connectivity index (χ1n) is 7.34. The van der Waals surface area contributed by atoms with Crippen LogP contribution in [0, 0.1) is 13.8 Å². The van der Waals surface area contributed by atoms with E-state index in [1.165, 1.54) is 11.8 Å². The van der Waals surface area contributed by atoms with Crippen molar-refractivity contribution < 1.29 is 4.79 Å². The largest absolute Gasteiger partial charge is 0.325 e. The smallest absolute Gasteiger partial charge is 0.234 e. The van der Waals surface area contributed by atoms with Crippen molar-refractivity contribution in [2.24, 2.45) is 0 Å². The van der Waals surface area contributed by atoms with Gasteiger partial charge in [-0.2, -0.15) is 5.10 Å². The molecule has 1 aromatic heterocycles. The number of fused-ring (bicyclic) bond motifs is 1. The predicted molar refractivity (Wildman–Crippen MR) is 94.8 cm³/mol. The first kappa shape index (κ1) is 15.5. The molecule has 1 N–H and O–H groups in total. The van der Waals surface area contributed by atoms with Gasteiger partial charge >= 0.3 is 0 Å². The Morgan fingerprint density at radius 1 is 1.17 bits per heavy atom. The fourth-order valence-corrected chi connectivity index (χ4v) is 3.09. The standard InChI is InChI=1S/C18H17N3OS/c1-12-7-8-13(2)16(9-12)20-17(22)11-23-18-15-6-4-3-5-14(15)10-19-21-18/h3-10H,11H2,1-2H3,(H,20,22). The van der Waals surface area contributed by atoms with E-state index in [1.807, 2.05) is 56.3 Å². The van der Waals surface area contributed by atoms with E-state index >= 15 is 0 Å². The lowest BCUT2D eigenvalue weighted by Gasteiger charge is -2.09. The van der Waals surface area contributed by atoms with Crippen LogP contribution in [0.4, 0.5) is 5.69 Å². The van der Waals surface area contributed by atoms with Gasteiger partial charge in [0.25, 0.3) is 0 Å². The highest BCUT2D eigenvalue weighted by molar-refractivity contribution is 8.00. The zero-order valence-corrected chi connectivity index (χ0v) is 13.9. The van der Waals surface area contributed by atoms with Crippen LogP contribution in [-0.4, -0.2) is 21.9 Å². The van der Waals surface area contributed by atoms with Crippen LogP contribution in [0.5, 0.6) is 0 Å². The minimum atomic E-state index is -0.0431. The quantitative estimate of drug-likeness (QED) is 0.738. The van der Waals surface area contributed by atoms with Crippen molar-refractivity contribution in [2.75, 3.05) is 11.1 Å². The minimum absolute atomic E-state index is 0.0431. The second kappa shape index (κ2) is 6.79. The Morgan fingerprint density at radius 3 is 2.87 bits per heavy atom. The molecule has 1 heterocycles. The normalized spacial score (nSPS) is 10.7. The van der Waals surface area contributed by atoms with Crippen molar-refractivity contribution in [1.82, 2.24) is 10.2 Å². The third-order valence-corrected chi connectivity index (χ3v) is 4.53. The molecule has 0 fully saturated rings. The highest BCUT2D eigenvalue weighted by atomic mass is 32.2. The Bertz CT molecular complexity index is 859. The van der Waals surface area contributed by atoms with Crippen molar-refractivity contribution in [3.63, 3.8) is 0 Å². The molecule has 116 valence electrons. The lowest BCUT2D eigenvalue weighted by molar-refractivity contribution is -0.113. The second-order valence-electron chi connectivity index (χ2n) is 5.39. The molecule has 0 aliphatic rings. The van der Waals surface area contributed by atoms with Gasteiger partial charge < -0.3 is 5.32 Å². The van der Waals surface area contributed by atoms with Crippen LogP contribution in [-0.2, 0) is 4.79 Å². The molecule has 2 aromatic carbocycles. The highest BCUT2D eigenvalue weighted by Crippen LogP contribution is 2.25. The molecule has 4 nitrogen and oxygen atoms in total. The van der Waals surface area contributed by atoms with Crippen LogP contribution in [0.3, 0.4) is 0 Å². The van der Waals surface area contributed by atoms with Crippen molar-refractivity contribution >= 4 is 34.1 Å². The van der Waals surface area contributed by atoms with Crippen molar-refractivity contribution in [3.05, 3.63) is 59.8 Å². The molecule has 1 amide bonds. The Morgan fingerprint density at radius 2 is 2.00 bits per heavy atom. The Hall–Kier alpha value is -2.40. The fourth-order valence-electron chi connectivity index (χ4n) is 2.30. The average molecular weight is 323 g/mol. The first-order chi connectivity index (χ1) is 11.1. The van der Waals surface area contributed by atoms with E-state index in [4.69, 9.17) is 0 Å². The van der Waals surface area contributed by atoms with Crippen LogP contribution < -0.4 is 5.32 Å². The molecule has 0 radical (unpaired) electrons. The van der Waals surface area contributed by atoms with Crippen LogP contribution in [0.1, 0.15) is 11.1 Å². The Balaban J connectivity index is 1.70. The SMILES string of the molecule is Cc1ccc(C)c(NC(=O)CSc2nncc3ccccc23)c1. The molecule has 3 aromatic rings. The summed E-state index contributed by atoms with van der Waals surface area (Å²) in [7, 11) is 0. The molecule has 0 spiro atoms. The van der Waals surface area contributed by atoms with E-state index in [2.05, 4.69) is 15.5 Å². The van der Waals surface area contributed by atoms with Crippen LogP contribution in [0.25, 0.3) is 10.8 Å². The number of aromatic nitrogens is 2. The number of nitrogens with zero attached hydrogens (tertiary/aromatic N) is 2. The summed E-state index contributed by atoms with van der Waals surface area (Å²) in [5.74, 6) is 0.259. The summed E-state index contributed by atoms with van der Waals surface area (Å²) >= 11 is 1.40. The number of amides is 1. The Labute approximate surface area is 139 Å². The summed E-state index contributed by atoms with van der Waals surface area (Å²) in [6, 6.07) is 13.9. The maximum absolute atomic E-state index is 12.2. The molecule has 23 heavy (non-hydrogen) atoms. The maximum Gasteiger partial charge on any atom is 0.234 e. The van der Waals surface area contributed by atoms with E-state index in [9.17, 15) is 4.79 Å². The molecule has 0 bridgehead atoms. The molecular formula is C18H17N3OS. The summed E-state index contributed by atoms with van der Waals surface area (Å²) in [6.45, 7) is 3.99. The van der Waals surface area contributed by atoms with Gasteiger partial charge in [-0.25, -0.2) is 0 Å². The van der Waals surface area contributed by atoms with Gasteiger partial charge in [-0.05, 0) is 31.0 Å². The summed E-state index contributed by atoms with van der Waals surface area (Å²) in [5, 5.41) is 13.9. The molecule has 0 unspecified atom stereocenters. The van der Waals surface area contributed by atoms with Crippen LogP contribution in [0.2, 0.25) is 0 Å². The lowest BCUT2D eigenvalue weighted by atomic mass is 10.1. The summed E-state index contributed by atoms with van der Waals surface area (Å²) in [4.78, 5) is 12.2. The number of rotatable bonds is 4. The molecule has 3 rings (SSSR count). The monoisotopic (exact) mass is 323 g/mol. The number of aryl methyl sites for hydroxylation is 2. The molecule has 0 saturated heterocycles. The number of nitrogens with one attached hydrogen (secondary N) is 1. The molecule has 0 saturated carbocycles. The highest BCUT2D eigenvalue weighted by Gasteiger charge is 2.09. The topological polar surface area (TPSA) is 54.9 Å². The third kappa shape index (κ3) is 3.68. The van der Waals surface area contributed by atoms with Gasteiger partial charge in [0.15, 0.2) is 0 Å². The fraction of sp³-hybridized carbons (Fsp3) is 0.167. The molecule has 0 atom stereocenters. The Kier molecular flexibility index (Phi) is 4.57. The second-order valence-corrected chi connectivity index (χ2v) is 6.36. The first-order valence-corrected chi connectivity index (χ1v) is 8.32. The van der Waals surface area contributed by atoms with Crippen molar-refractivity contribution in [1.29, 1.82) is 0 Å². The van der Waals surface area contributed by atoms with E-state index in [1.54, 1.807) is 6.20 Å². The molecular weight excluding hydrogens is 306 g/mol. The molecule has 0 aliphatic heterocycles. The third-order valence-electron chi connectivity index (χ3n) is 3.54. The number of thioether (sulfide) groups is 1. The minimum Gasteiger partial charge on any atom is -0.325 e. The summed E-state index contributed by atoms with van der Waals surface area (Å²) in [6.07, 6.45) is 1.73. The van der Waals surface area contributed by atoms with Gasteiger partial charge in [-0.1, -0.05) is 48.2 Å². The number of carbonyl (C=O) groups is 1.